The second kappa shape index (κ2) is 6.51. The van der Waals surface area contributed by atoms with E-state index in [2.05, 4.69) is 19.1 Å². The van der Waals surface area contributed by atoms with E-state index >= 15 is 0 Å². The van der Waals surface area contributed by atoms with Gasteiger partial charge in [0.25, 0.3) is 0 Å². The SMILES string of the molecule is CCCc1cccc(C(O)C2(OC)CCOCC2)c1. The number of hydrogen-bond donors (Lipinski definition) is 1. The van der Waals surface area contributed by atoms with E-state index in [0.29, 0.717) is 13.2 Å². The normalized spacial score (nSPS) is 20.2. The van der Waals surface area contributed by atoms with Gasteiger partial charge in [0.1, 0.15) is 11.7 Å². The molecule has 1 saturated heterocycles. The molecule has 0 saturated carbocycles. The number of ether oxygens (including phenoxy) is 2. The number of aliphatic hydroxyl groups excluding tert-OH is 1. The summed E-state index contributed by atoms with van der Waals surface area (Å²) in [6.45, 7) is 3.47. The van der Waals surface area contributed by atoms with Crippen molar-refractivity contribution in [3.05, 3.63) is 35.4 Å². The molecule has 3 heteroatoms. The van der Waals surface area contributed by atoms with Gasteiger partial charge in [-0.2, -0.15) is 0 Å². The van der Waals surface area contributed by atoms with Crippen LogP contribution in [0.2, 0.25) is 0 Å². The van der Waals surface area contributed by atoms with Crippen LogP contribution in [-0.4, -0.2) is 31.0 Å². The van der Waals surface area contributed by atoms with Gasteiger partial charge in [-0.1, -0.05) is 37.6 Å². The molecule has 0 bridgehead atoms. The molecule has 0 aromatic heterocycles. The summed E-state index contributed by atoms with van der Waals surface area (Å²) >= 11 is 0. The number of rotatable bonds is 5. The molecule has 1 aromatic rings. The quantitative estimate of drug-likeness (QED) is 0.888. The zero-order valence-corrected chi connectivity index (χ0v) is 11.9. The first kappa shape index (κ1) is 14.5. The monoisotopic (exact) mass is 264 g/mol. The summed E-state index contributed by atoms with van der Waals surface area (Å²) in [5.74, 6) is 0. The predicted octanol–water partition coefficient (Wildman–Crippen LogP) is 2.87. The van der Waals surface area contributed by atoms with Gasteiger partial charge in [-0.15, -0.1) is 0 Å². The Labute approximate surface area is 115 Å². The van der Waals surface area contributed by atoms with Gasteiger partial charge < -0.3 is 14.6 Å². The lowest BCUT2D eigenvalue weighted by Crippen LogP contribution is -2.43. The minimum absolute atomic E-state index is 0.497. The molecule has 106 valence electrons. The molecule has 19 heavy (non-hydrogen) atoms. The van der Waals surface area contributed by atoms with Gasteiger partial charge in [0.05, 0.1) is 0 Å². The molecule has 0 spiro atoms. The first-order valence-electron chi connectivity index (χ1n) is 7.11. The van der Waals surface area contributed by atoms with E-state index < -0.39 is 11.7 Å². The molecule has 1 unspecified atom stereocenters. The average molecular weight is 264 g/mol. The fraction of sp³-hybridized carbons (Fsp3) is 0.625. The summed E-state index contributed by atoms with van der Waals surface area (Å²) in [4.78, 5) is 0. The van der Waals surface area contributed by atoms with Gasteiger partial charge in [-0.3, -0.25) is 0 Å². The Morgan fingerprint density at radius 2 is 2.11 bits per heavy atom. The summed E-state index contributed by atoms with van der Waals surface area (Å²) in [6.07, 6.45) is 3.05. The van der Waals surface area contributed by atoms with Crippen molar-refractivity contribution in [2.45, 2.75) is 44.3 Å². The van der Waals surface area contributed by atoms with E-state index in [1.165, 1.54) is 5.56 Å². The maximum Gasteiger partial charge on any atom is 0.108 e. The van der Waals surface area contributed by atoms with E-state index in [1.54, 1.807) is 7.11 Å². The van der Waals surface area contributed by atoms with Crippen molar-refractivity contribution in [1.82, 2.24) is 0 Å². The Kier molecular flexibility index (Phi) is 4.97. The number of hydrogen-bond acceptors (Lipinski definition) is 3. The van der Waals surface area contributed by atoms with Crippen molar-refractivity contribution in [1.29, 1.82) is 0 Å². The molecular formula is C16H24O3. The van der Waals surface area contributed by atoms with Crippen LogP contribution in [0.1, 0.15) is 43.4 Å². The Bertz CT molecular complexity index is 397. The maximum atomic E-state index is 10.7. The fourth-order valence-electron chi connectivity index (χ4n) is 2.82. The molecule has 3 nitrogen and oxygen atoms in total. The van der Waals surface area contributed by atoms with Crippen LogP contribution in [0, 0.1) is 0 Å². The van der Waals surface area contributed by atoms with E-state index in [-0.39, 0.29) is 0 Å². The third-order valence-corrected chi connectivity index (χ3v) is 4.05. The Balaban J connectivity index is 2.21. The summed E-state index contributed by atoms with van der Waals surface area (Å²) in [5.41, 5.74) is 1.73. The van der Waals surface area contributed by atoms with Crippen molar-refractivity contribution in [3.63, 3.8) is 0 Å². The van der Waals surface area contributed by atoms with Gasteiger partial charge in [0.15, 0.2) is 0 Å². The molecule has 1 aromatic carbocycles. The number of aryl methyl sites for hydroxylation is 1. The Hall–Kier alpha value is -0.900. The molecule has 1 aliphatic rings. The first-order chi connectivity index (χ1) is 9.22. The molecule has 0 radical (unpaired) electrons. The van der Waals surface area contributed by atoms with Crippen LogP contribution in [0.15, 0.2) is 24.3 Å². The van der Waals surface area contributed by atoms with E-state index in [9.17, 15) is 5.11 Å². The molecule has 1 aliphatic heterocycles. The smallest absolute Gasteiger partial charge is 0.108 e. The summed E-state index contributed by atoms with van der Waals surface area (Å²) in [5, 5.41) is 10.7. The van der Waals surface area contributed by atoms with Gasteiger partial charge in [-0.25, -0.2) is 0 Å². The minimum atomic E-state index is -0.585. The van der Waals surface area contributed by atoms with Crippen LogP contribution < -0.4 is 0 Å². The van der Waals surface area contributed by atoms with Crippen molar-refractivity contribution in [3.8, 4) is 0 Å². The molecule has 1 heterocycles. The largest absolute Gasteiger partial charge is 0.385 e. The van der Waals surface area contributed by atoms with Crippen LogP contribution in [0.25, 0.3) is 0 Å². The Morgan fingerprint density at radius 1 is 1.37 bits per heavy atom. The fourth-order valence-corrected chi connectivity index (χ4v) is 2.82. The second-order valence-corrected chi connectivity index (χ2v) is 5.28. The van der Waals surface area contributed by atoms with Crippen LogP contribution in [-0.2, 0) is 15.9 Å². The first-order valence-corrected chi connectivity index (χ1v) is 7.11. The molecule has 1 atom stereocenters. The number of methoxy groups -OCH3 is 1. The minimum Gasteiger partial charge on any atom is -0.385 e. The van der Waals surface area contributed by atoms with Gasteiger partial charge in [0.2, 0.25) is 0 Å². The average Bonchev–Trinajstić information content (AvgIpc) is 2.48. The van der Waals surface area contributed by atoms with Crippen molar-refractivity contribution in [2.24, 2.45) is 0 Å². The Morgan fingerprint density at radius 3 is 2.74 bits per heavy atom. The van der Waals surface area contributed by atoms with Crippen molar-refractivity contribution in [2.75, 3.05) is 20.3 Å². The zero-order valence-electron chi connectivity index (χ0n) is 11.9. The molecule has 2 rings (SSSR count). The summed E-state index contributed by atoms with van der Waals surface area (Å²) in [6, 6.07) is 8.22. The molecule has 0 amide bonds. The van der Waals surface area contributed by atoms with Crippen molar-refractivity contribution >= 4 is 0 Å². The van der Waals surface area contributed by atoms with Gasteiger partial charge in [0, 0.05) is 33.2 Å². The van der Waals surface area contributed by atoms with Crippen LogP contribution in [0.3, 0.4) is 0 Å². The van der Waals surface area contributed by atoms with E-state index in [4.69, 9.17) is 9.47 Å². The highest BCUT2D eigenvalue weighted by Crippen LogP contribution is 2.37. The highest BCUT2D eigenvalue weighted by molar-refractivity contribution is 5.27. The number of aliphatic hydroxyl groups is 1. The predicted molar refractivity (Wildman–Crippen MR) is 75.2 cm³/mol. The topological polar surface area (TPSA) is 38.7 Å². The molecular weight excluding hydrogens is 240 g/mol. The summed E-state index contributed by atoms with van der Waals surface area (Å²) in [7, 11) is 1.68. The van der Waals surface area contributed by atoms with Crippen LogP contribution in [0.5, 0.6) is 0 Å². The van der Waals surface area contributed by atoms with Crippen LogP contribution >= 0.6 is 0 Å². The van der Waals surface area contributed by atoms with Gasteiger partial charge in [-0.05, 0) is 17.5 Å². The highest BCUT2D eigenvalue weighted by Gasteiger charge is 2.40. The highest BCUT2D eigenvalue weighted by atomic mass is 16.5. The second-order valence-electron chi connectivity index (χ2n) is 5.28. The van der Waals surface area contributed by atoms with E-state index in [0.717, 1.165) is 31.2 Å². The third kappa shape index (κ3) is 3.16. The lowest BCUT2D eigenvalue weighted by atomic mass is 9.83. The lowest BCUT2D eigenvalue weighted by molar-refractivity contribution is -0.154. The zero-order chi connectivity index (χ0) is 13.7. The summed E-state index contributed by atoms with van der Waals surface area (Å²) < 4.78 is 11.0. The molecule has 1 N–H and O–H groups in total. The molecule has 1 fully saturated rings. The van der Waals surface area contributed by atoms with Crippen molar-refractivity contribution < 1.29 is 14.6 Å². The number of benzene rings is 1. The van der Waals surface area contributed by atoms with Crippen LogP contribution in [0.4, 0.5) is 0 Å². The van der Waals surface area contributed by atoms with E-state index in [1.807, 2.05) is 12.1 Å². The maximum absolute atomic E-state index is 10.7. The van der Waals surface area contributed by atoms with Gasteiger partial charge >= 0.3 is 0 Å². The standard InChI is InChI=1S/C16H24O3/c1-3-5-13-6-4-7-14(12-13)15(17)16(18-2)8-10-19-11-9-16/h4,6-7,12,15,17H,3,5,8-11H2,1-2H3. The lowest BCUT2D eigenvalue weighted by Gasteiger charge is -2.40. The third-order valence-electron chi connectivity index (χ3n) is 4.05. The molecule has 0 aliphatic carbocycles.